The minimum Gasteiger partial charge on any atom is -0.481 e. The molecule has 0 saturated carbocycles. The second kappa shape index (κ2) is 11.3. The first-order chi connectivity index (χ1) is 18.8. The van der Waals surface area contributed by atoms with Crippen LogP contribution in [0.4, 0.5) is 10.3 Å². The molecule has 0 radical (unpaired) electrons. The lowest BCUT2D eigenvalue weighted by Gasteiger charge is -2.30. The standard InChI is InChI=1S/C27H30FN7O4/c1-15-25-22(33-27(29)30-15)12-21(32-26(25)34-39-14-24(37)35-10-4-5-17(36)13-35)18-9-8-16(28)11-19(18)20-6-3-7-23(31-20)38-2/h3,6-9,11,17,21,36H,4-5,10,12-14H2,1-2H3,(H,32,34)(H2,29,30,33). The van der Waals surface area contributed by atoms with E-state index in [1.807, 2.05) is 0 Å². The molecule has 2 aliphatic heterocycles. The molecule has 0 aliphatic carbocycles. The van der Waals surface area contributed by atoms with Gasteiger partial charge in [-0.2, -0.15) is 0 Å². The van der Waals surface area contributed by atoms with Crippen molar-refractivity contribution in [3.05, 3.63) is 64.7 Å². The Morgan fingerprint density at radius 1 is 1.26 bits per heavy atom. The maximum absolute atomic E-state index is 14.4. The number of anilines is 1. The van der Waals surface area contributed by atoms with Gasteiger partial charge in [-0.1, -0.05) is 12.1 Å². The first-order valence-electron chi connectivity index (χ1n) is 12.7. The van der Waals surface area contributed by atoms with Crippen LogP contribution < -0.4 is 16.0 Å². The number of carbonyl (C=O) groups excluding carboxylic acids is 1. The normalized spacial score (nSPS) is 18.8. The van der Waals surface area contributed by atoms with E-state index >= 15 is 0 Å². The lowest BCUT2D eigenvalue weighted by atomic mass is 9.91. The Morgan fingerprint density at radius 3 is 2.90 bits per heavy atom. The van der Waals surface area contributed by atoms with E-state index in [9.17, 15) is 14.3 Å². The van der Waals surface area contributed by atoms with Crippen molar-refractivity contribution >= 4 is 17.7 Å². The molecule has 2 aliphatic rings. The fourth-order valence-corrected chi connectivity index (χ4v) is 4.98. The summed E-state index contributed by atoms with van der Waals surface area (Å²) in [5.74, 6) is 0.200. The molecule has 2 unspecified atom stereocenters. The van der Waals surface area contributed by atoms with Crippen LogP contribution in [0.25, 0.3) is 11.3 Å². The number of aliphatic hydroxyl groups is 1. The van der Waals surface area contributed by atoms with Gasteiger partial charge in [-0.25, -0.2) is 24.8 Å². The van der Waals surface area contributed by atoms with Crippen molar-refractivity contribution in [2.45, 2.75) is 38.3 Å². The van der Waals surface area contributed by atoms with Crippen LogP contribution in [0.2, 0.25) is 0 Å². The Labute approximate surface area is 224 Å². The Hall–Kier alpha value is -4.16. The van der Waals surface area contributed by atoms with Crippen molar-refractivity contribution in [2.24, 2.45) is 4.99 Å². The summed E-state index contributed by atoms with van der Waals surface area (Å²) in [4.78, 5) is 37.9. The van der Waals surface area contributed by atoms with Crippen molar-refractivity contribution in [2.75, 3.05) is 32.5 Å². The number of aliphatic hydroxyl groups excluding tert-OH is 1. The van der Waals surface area contributed by atoms with Crippen molar-refractivity contribution in [1.29, 1.82) is 0 Å². The number of hydroxylamine groups is 1. The number of aromatic nitrogens is 3. The van der Waals surface area contributed by atoms with Gasteiger partial charge in [0.05, 0.1) is 41.9 Å². The third-order valence-electron chi connectivity index (χ3n) is 6.79. The molecule has 204 valence electrons. The van der Waals surface area contributed by atoms with Gasteiger partial charge in [-0.15, -0.1) is 0 Å². The second-order valence-corrected chi connectivity index (χ2v) is 9.51. The number of fused-ring (bicyclic) bond motifs is 1. The molecule has 11 nitrogen and oxygen atoms in total. The third-order valence-corrected chi connectivity index (χ3v) is 6.79. The fraction of sp³-hybridized carbons (Fsp3) is 0.370. The number of aliphatic imine (C=N–C) groups is 1. The number of halogens is 1. The molecule has 4 heterocycles. The summed E-state index contributed by atoms with van der Waals surface area (Å²) in [5.41, 5.74) is 12.5. The number of methoxy groups -OCH3 is 1. The summed E-state index contributed by atoms with van der Waals surface area (Å²) in [6.45, 7) is 2.39. The lowest BCUT2D eigenvalue weighted by Crippen LogP contribution is -2.45. The number of nitrogens with one attached hydrogen (secondary N) is 1. The summed E-state index contributed by atoms with van der Waals surface area (Å²) < 4.78 is 19.7. The molecule has 12 heteroatoms. The third kappa shape index (κ3) is 5.81. The summed E-state index contributed by atoms with van der Waals surface area (Å²) in [5, 5.41) is 9.88. The van der Waals surface area contributed by atoms with Gasteiger partial charge in [0.25, 0.3) is 5.91 Å². The molecule has 3 aromatic rings. The van der Waals surface area contributed by atoms with E-state index in [2.05, 4.69) is 20.4 Å². The van der Waals surface area contributed by atoms with Crippen LogP contribution in [-0.4, -0.2) is 69.6 Å². The van der Waals surface area contributed by atoms with E-state index in [-0.39, 0.29) is 25.0 Å². The van der Waals surface area contributed by atoms with Gasteiger partial charge in [0.15, 0.2) is 12.4 Å². The van der Waals surface area contributed by atoms with Crippen LogP contribution in [-0.2, 0) is 16.1 Å². The number of amides is 1. The van der Waals surface area contributed by atoms with Gasteiger partial charge in [0.1, 0.15) is 5.82 Å². The van der Waals surface area contributed by atoms with Crippen LogP contribution in [0.5, 0.6) is 5.88 Å². The van der Waals surface area contributed by atoms with E-state index in [1.54, 1.807) is 36.1 Å². The van der Waals surface area contributed by atoms with E-state index < -0.39 is 18.0 Å². The maximum Gasteiger partial charge on any atom is 0.251 e. The Morgan fingerprint density at radius 2 is 2.10 bits per heavy atom. The molecular formula is C27H30FN7O4. The van der Waals surface area contributed by atoms with Gasteiger partial charge in [0.2, 0.25) is 11.8 Å². The molecule has 1 amide bonds. The van der Waals surface area contributed by atoms with Crippen molar-refractivity contribution in [3.8, 4) is 17.1 Å². The average Bonchev–Trinajstić information content (AvgIpc) is 2.92. The van der Waals surface area contributed by atoms with Crippen molar-refractivity contribution in [1.82, 2.24) is 25.3 Å². The highest BCUT2D eigenvalue weighted by atomic mass is 19.1. The first kappa shape index (κ1) is 26.4. The van der Waals surface area contributed by atoms with Gasteiger partial charge < -0.3 is 20.5 Å². The zero-order chi connectivity index (χ0) is 27.5. The van der Waals surface area contributed by atoms with Gasteiger partial charge in [-0.05, 0) is 43.5 Å². The average molecular weight is 536 g/mol. The van der Waals surface area contributed by atoms with E-state index in [0.29, 0.717) is 59.3 Å². The van der Waals surface area contributed by atoms with Crippen molar-refractivity contribution < 1.29 is 23.9 Å². The second-order valence-electron chi connectivity index (χ2n) is 9.51. The highest BCUT2D eigenvalue weighted by Gasteiger charge is 2.29. The number of carbonyl (C=O) groups is 1. The number of nitrogens with two attached hydrogens (primary N) is 1. The minimum absolute atomic E-state index is 0.125. The molecule has 0 bridgehead atoms. The summed E-state index contributed by atoms with van der Waals surface area (Å²) in [7, 11) is 1.52. The maximum atomic E-state index is 14.4. The molecule has 2 aromatic heterocycles. The highest BCUT2D eigenvalue weighted by Crippen LogP contribution is 2.36. The number of β-amino-alcohol motifs (C(OH)–C–C–N with tert-alkyl or cyclic N) is 1. The Kier molecular flexibility index (Phi) is 7.66. The van der Waals surface area contributed by atoms with Gasteiger partial charge >= 0.3 is 0 Å². The molecule has 1 fully saturated rings. The number of hydrogen-bond acceptors (Lipinski definition) is 10. The fourth-order valence-electron chi connectivity index (χ4n) is 4.98. The Balaban J connectivity index is 1.46. The Bertz CT molecular complexity index is 1420. The quantitative estimate of drug-likeness (QED) is 0.404. The summed E-state index contributed by atoms with van der Waals surface area (Å²) in [6.07, 6.45) is 1.26. The minimum atomic E-state index is -0.528. The number of likely N-dealkylation sites (tertiary alicyclic amines) is 1. The van der Waals surface area contributed by atoms with Crippen LogP contribution in [0.1, 0.15) is 41.4 Å². The molecule has 0 spiro atoms. The van der Waals surface area contributed by atoms with Gasteiger partial charge in [0, 0.05) is 31.1 Å². The number of benzene rings is 1. The largest absolute Gasteiger partial charge is 0.481 e. The number of hydrogen-bond donors (Lipinski definition) is 3. The number of nitrogens with zero attached hydrogens (tertiary/aromatic N) is 5. The SMILES string of the molecule is COc1cccc(-c2cc(F)ccc2C2Cc3nc(N)nc(C)c3C(NOCC(=O)N3CCCC(O)C3)=N2)n1. The molecular weight excluding hydrogens is 505 g/mol. The van der Waals surface area contributed by atoms with Crippen LogP contribution in [0.15, 0.2) is 41.4 Å². The molecule has 1 saturated heterocycles. The van der Waals surface area contributed by atoms with Crippen LogP contribution >= 0.6 is 0 Å². The molecule has 1 aromatic carbocycles. The molecule has 4 N–H and O–H groups in total. The zero-order valence-corrected chi connectivity index (χ0v) is 21.7. The number of aryl methyl sites for hydroxylation is 1. The molecule has 2 atom stereocenters. The predicted molar refractivity (Wildman–Crippen MR) is 141 cm³/mol. The molecule has 39 heavy (non-hydrogen) atoms. The number of amidine groups is 1. The number of nitrogen functional groups attached to an aromatic ring is 1. The zero-order valence-electron chi connectivity index (χ0n) is 21.7. The number of piperidine rings is 1. The van der Waals surface area contributed by atoms with E-state index in [1.165, 1.54) is 19.2 Å². The summed E-state index contributed by atoms with van der Waals surface area (Å²) in [6, 6.07) is 9.24. The lowest BCUT2D eigenvalue weighted by molar-refractivity contribution is -0.140. The topological polar surface area (TPSA) is 148 Å². The number of pyridine rings is 1. The number of ether oxygens (including phenoxy) is 1. The smallest absolute Gasteiger partial charge is 0.251 e. The predicted octanol–water partition coefficient (Wildman–Crippen LogP) is 2.13. The van der Waals surface area contributed by atoms with E-state index in [0.717, 1.165) is 12.0 Å². The van der Waals surface area contributed by atoms with Crippen LogP contribution in [0, 0.1) is 12.7 Å². The van der Waals surface area contributed by atoms with Crippen molar-refractivity contribution in [3.63, 3.8) is 0 Å². The summed E-state index contributed by atoms with van der Waals surface area (Å²) >= 11 is 0. The number of rotatable bonds is 6. The van der Waals surface area contributed by atoms with Crippen LogP contribution in [0.3, 0.4) is 0 Å². The monoisotopic (exact) mass is 535 g/mol. The first-order valence-corrected chi connectivity index (χ1v) is 12.7. The highest BCUT2D eigenvalue weighted by molar-refractivity contribution is 6.01. The van der Waals surface area contributed by atoms with Gasteiger partial charge in [-0.3, -0.25) is 14.6 Å². The van der Waals surface area contributed by atoms with E-state index in [4.69, 9.17) is 20.3 Å². The molecule has 5 rings (SSSR count).